The first kappa shape index (κ1) is 22.6. The molecule has 4 rings (SSSR count). The van der Waals surface area contributed by atoms with E-state index in [1.165, 1.54) is 4.68 Å². The summed E-state index contributed by atoms with van der Waals surface area (Å²) in [7, 11) is 0. The van der Waals surface area contributed by atoms with Crippen molar-refractivity contribution in [1.82, 2.24) is 19.6 Å². The van der Waals surface area contributed by atoms with Crippen molar-refractivity contribution in [3.05, 3.63) is 40.0 Å². The van der Waals surface area contributed by atoms with Crippen LogP contribution in [0.25, 0.3) is 10.6 Å². The van der Waals surface area contributed by atoms with E-state index in [-0.39, 0.29) is 17.5 Å². The highest BCUT2D eigenvalue weighted by atomic mass is 32.1. The van der Waals surface area contributed by atoms with Gasteiger partial charge in [0.2, 0.25) is 0 Å². The lowest BCUT2D eigenvalue weighted by Crippen LogP contribution is -2.52. The van der Waals surface area contributed by atoms with E-state index in [1.54, 1.807) is 23.5 Å². The van der Waals surface area contributed by atoms with E-state index in [0.29, 0.717) is 12.8 Å². The standard InChI is InChI=1S/C23H34N4O3S/c1-22(2,17-26-11-13-30-14-12-26)16-25-9-7-23(29,8-10-25)18-27-21(28)6-5-19(24-27)20-4-3-15-31-20/h3-6,15,29H,7-14,16-18H2,1-2H3. The minimum absolute atomic E-state index is 0.164. The van der Waals surface area contributed by atoms with Gasteiger partial charge in [-0.25, -0.2) is 4.68 Å². The van der Waals surface area contributed by atoms with Gasteiger partial charge in [0.05, 0.1) is 30.2 Å². The molecular weight excluding hydrogens is 412 g/mol. The third-order valence-corrected chi connectivity index (χ3v) is 7.17. The molecule has 4 heterocycles. The Morgan fingerprint density at radius 1 is 1.10 bits per heavy atom. The van der Waals surface area contributed by atoms with E-state index < -0.39 is 5.60 Å². The predicted octanol–water partition coefficient (Wildman–Crippen LogP) is 2.16. The maximum Gasteiger partial charge on any atom is 0.266 e. The van der Waals surface area contributed by atoms with Crippen molar-refractivity contribution in [2.24, 2.45) is 5.41 Å². The summed E-state index contributed by atoms with van der Waals surface area (Å²) in [4.78, 5) is 18.3. The maximum atomic E-state index is 12.4. The fraction of sp³-hybridized carbons (Fsp3) is 0.652. The summed E-state index contributed by atoms with van der Waals surface area (Å²) >= 11 is 1.60. The lowest BCUT2D eigenvalue weighted by atomic mass is 9.87. The van der Waals surface area contributed by atoms with Gasteiger partial charge in [-0.15, -0.1) is 11.3 Å². The van der Waals surface area contributed by atoms with E-state index in [9.17, 15) is 9.90 Å². The number of aliphatic hydroxyl groups is 1. The Kier molecular flexibility index (Phi) is 6.93. The van der Waals surface area contributed by atoms with E-state index >= 15 is 0 Å². The minimum atomic E-state index is -0.893. The van der Waals surface area contributed by atoms with Crippen molar-refractivity contribution in [2.45, 2.75) is 38.8 Å². The highest BCUT2D eigenvalue weighted by Gasteiger charge is 2.35. The maximum absolute atomic E-state index is 12.4. The van der Waals surface area contributed by atoms with Crippen LogP contribution in [-0.2, 0) is 11.3 Å². The third kappa shape index (κ3) is 6.02. The van der Waals surface area contributed by atoms with Crippen molar-refractivity contribution in [3.63, 3.8) is 0 Å². The van der Waals surface area contributed by atoms with Gasteiger partial charge in [-0.05, 0) is 35.8 Å². The molecule has 1 N–H and O–H groups in total. The van der Waals surface area contributed by atoms with Crippen LogP contribution in [0.4, 0.5) is 0 Å². The molecule has 2 aliphatic rings. The summed E-state index contributed by atoms with van der Waals surface area (Å²) in [6.45, 7) is 12.3. The van der Waals surface area contributed by atoms with Gasteiger partial charge in [0, 0.05) is 45.3 Å². The zero-order valence-electron chi connectivity index (χ0n) is 18.6. The fourth-order valence-electron chi connectivity index (χ4n) is 4.70. The van der Waals surface area contributed by atoms with Gasteiger partial charge >= 0.3 is 0 Å². The second-order valence-corrected chi connectivity index (χ2v) is 10.7. The Balaban J connectivity index is 1.33. The molecule has 0 aromatic carbocycles. The van der Waals surface area contributed by atoms with Crippen LogP contribution in [0, 0.1) is 5.41 Å². The number of morpholine rings is 1. The zero-order chi connectivity index (χ0) is 21.9. The summed E-state index contributed by atoms with van der Waals surface area (Å²) in [5, 5.41) is 17.7. The second kappa shape index (κ2) is 9.50. The molecule has 8 heteroatoms. The molecule has 0 bridgehead atoms. The molecule has 0 unspecified atom stereocenters. The lowest BCUT2D eigenvalue weighted by Gasteiger charge is -2.42. The number of piperidine rings is 1. The molecule has 2 saturated heterocycles. The molecule has 0 atom stereocenters. The Labute approximate surface area is 188 Å². The molecule has 2 fully saturated rings. The quantitative estimate of drug-likeness (QED) is 0.703. The van der Waals surface area contributed by atoms with Gasteiger partial charge in [0.15, 0.2) is 0 Å². The highest BCUT2D eigenvalue weighted by molar-refractivity contribution is 7.13. The van der Waals surface area contributed by atoms with Crippen LogP contribution in [0.3, 0.4) is 0 Å². The Bertz CT molecular complexity index is 898. The smallest absolute Gasteiger partial charge is 0.266 e. The van der Waals surface area contributed by atoms with E-state index in [2.05, 4.69) is 28.7 Å². The molecule has 31 heavy (non-hydrogen) atoms. The summed E-state index contributed by atoms with van der Waals surface area (Å²) in [6.07, 6.45) is 1.30. The fourth-order valence-corrected chi connectivity index (χ4v) is 5.39. The number of likely N-dealkylation sites (tertiary alicyclic amines) is 1. The molecule has 2 aromatic rings. The first-order chi connectivity index (χ1) is 14.8. The van der Waals surface area contributed by atoms with Crippen LogP contribution < -0.4 is 5.56 Å². The molecule has 7 nitrogen and oxygen atoms in total. The van der Waals surface area contributed by atoms with Crippen LogP contribution in [0.2, 0.25) is 0 Å². The number of aromatic nitrogens is 2. The topological polar surface area (TPSA) is 70.8 Å². The van der Waals surface area contributed by atoms with Crippen LogP contribution >= 0.6 is 11.3 Å². The number of thiophene rings is 1. The van der Waals surface area contributed by atoms with Gasteiger partial charge in [0.1, 0.15) is 5.69 Å². The largest absolute Gasteiger partial charge is 0.388 e. The molecule has 2 aliphatic heterocycles. The van der Waals surface area contributed by atoms with Crippen LogP contribution in [0.5, 0.6) is 0 Å². The Morgan fingerprint density at radius 3 is 2.42 bits per heavy atom. The third-order valence-electron chi connectivity index (χ3n) is 6.28. The molecule has 0 spiro atoms. The molecule has 0 radical (unpaired) electrons. The monoisotopic (exact) mass is 446 g/mol. The van der Waals surface area contributed by atoms with E-state index in [4.69, 9.17) is 4.74 Å². The Morgan fingerprint density at radius 2 is 1.77 bits per heavy atom. The van der Waals surface area contributed by atoms with Crippen molar-refractivity contribution < 1.29 is 9.84 Å². The molecule has 0 aliphatic carbocycles. The summed E-state index contributed by atoms with van der Waals surface area (Å²) in [6, 6.07) is 7.27. The molecule has 170 valence electrons. The van der Waals surface area contributed by atoms with Gasteiger partial charge in [0.25, 0.3) is 5.56 Å². The second-order valence-electron chi connectivity index (χ2n) is 9.74. The number of rotatable bonds is 7. The first-order valence-corrected chi connectivity index (χ1v) is 12.1. The summed E-state index contributed by atoms with van der Waals surface area (Å²) in [5.74, 6) is 0. The van der Waals surface area contributed by atoms with Crippen LogP contribution in [0.1, 0.15) is 26.7 Å². The zero-order valence-corrected chi connectivity index (χ0v) is 19.4. The molecular formula is C23H34N4O3S. The highest BCUT2D eigenvalue weighted by Crippen LogP contribution is 2.28. The van der Waals surface area contributed by atoms with Crippen molar-refractivity contribution in [1.29, 1.82) is 0 Å². The van der Waals surface area contributed by atoms with Crippen LogP contribution in [0.15, 0.2) is 34.4 Å². The van der Waals surface area contributed by atoms with Crippen molar-refractivity contribution >= 4 is 11.3 Å². The normalized spacial score (nSPS) is 20.7. The molecule has 0 amide bonds. The summed E-state index contributed by atoms with van der Waals surface area (Å²) in [5.41, 5.74) is -0.0981. The van der Waals surface area contributed by atoms with Gasteiger partial charge in [-0.3, -0.25) is 9.69 Å². The Hall–Kier alpha value is -1.58. The molecule has 0 saturated carbocycles. The average molecular weight is 447 g/mol. The number of ether oxygens (including phenoxy) is 1. The van der Waals surface area contributed by atoms with Crippen molar-refractivity contribution in [3.8, 4) is 10.6 Å². The first-order valence-electron chi connectivity index (χ1n) is 11.2. The number of hydrogen-bond acceptors (Lipinski definition) is 7. The van der Waals surface area contributed by atoms with Crippen molar-refractivity contribution in [2.75, 3.05) is 52.5 Å². The van der Waals surface area contributed by atoms with E-state index in [0.717, 1.165) is 63.1 Å². The number of hydrogen-bond donors (Lipinski definition) is 1. The number of nitrogens with zero attached hydrogens (tertiary/aromatic N) is 4. The lowest BCUT2D eigenvalue weighted by molar-refractivity contribution is -0.0466. The minimum Gasteiger partial charge on any atom is -0.388 e. The molecule has 2 aromatic heterocycles. The van der Waals surface area contributed by atoms with Gasteiger partial charge in [-0.1, -0.05) is 19.9 Å². The van der Waals surface area contributed by atoms with E-state index in [1.807, 2.05) is 17.5 Å². The van der Waals surface area contributed by atoms with Crippen LogP contribution in [-0.4, -0.2) is 82.8 Å². The average Bonchev–Trinajstić information content (AvgIpc) is 3.27. The van der Waals surface area contributed by atoms with Gasteiger partial charge < -0.3 is 14.7 Å². The predicted molar refractivity (Wildman–Crippen MR) is 123 cm³/mol. The van der Waals surface area contributed by atoms with Gasteiger partial charge in [-0.2, -0.15) is 5.10 Å². The summed E-state index contributed by atoms with van der Waals surface area (Å²) < 4.78 is 6.90. The SMILES string of the molecule is CC(C)(CN1CCOCC1)CN1CCC(O)(Cn2nc(-c3cccs3)ccc2=O)CC1.